The number of hydrogen-bond acceptors (Lipinski definition) is 3. The van der Waals surface area contributed by atoms with Crippen molar-refractivity contribution in [2.45, 2.75) is 63.5 Å². The lowest BCUT2D eigenvalue weighted by Gasteiger charge is -2.29. The van der Waals surface area contributed by atoms with Crippen LogP contribution in [0.4, 0.5) is 4.79 Å². The number of hydrogen-bond donors (Lipinski definition) is 1. The Labute approximate surface area is 196 Å². The van der Waals surface area contributed by atoms with Gasteiger partial charge in [-0.15, -0.1) is 0 Å². The Bertz CT molecular complexity index is 953. The molecule has 0 bridgehead atoms. The third-order valence-electron chi connectivity index (χ3n) is 6.83. The molecule has 1 N–H and O–H groups in total. The molecule has 33 heavy (non-hydrogen) atoms. The first kappa shape index (κ1) is 23.0. The number of rotatable bonds is 7. The molecule has 174 valence electrons. The first-order chi connectivity index (χ1) is 16.1. The van der Waals surface area contributed by atoms with Gasteiger partial charge in [-0.25, -0.2) is 4.79 Å². The normalized spacial score (nSPS) is 18.0. The predicted octanol–water partition coefficient (Wildman–Crippen LogP) is 4.29. The smallest absolute Gasteiger partial charge is 0.325 e. The van der Waals surface area contributed by atoms with Crippen molar-refractivity contribution < 1.29 is 14.4 Å². The van der Waals surface area contributed by atoms with E-state index in [1.165, 1.54) is 6.42 Å². The minimum absolute atomic E-state index is 0.207. The second kappa shape index (κ2) is 10.6. The zero-order valence-electron chi connectivity index (χ0n) is 19.2. The second-order valence-corrected chi connectivity index (χ2v) is 9.21. The van der Waals surface area contributed by atoms with E-state index in [9.17, 15) is 14.4 Å². The van der Waals surface area contributed by atoms with Gasteiger partial charge in [0, 0.05) is 13.1 Å². The van der Waals surface area contributed by atoms with Crippen LogP contribution >= 0.6 is 0 Å². The van der Waals surface area contributed by atoms with Crippen LogP contribution in [0.5, 0.6) is 0 Å². The fraction of sp³-hybridized carbons (Fsp3) is 0.444. The number of carbonyl (C=O) groups is 3. The van der Waals surface area contributed by atoms with E-state index in [4.69, 9.17) is 0 Å². The van der Waals surface area contributed by atoms with Crippen LogP contribution in [0.25, 0.3) is 0 Å². The molecule has 4 rings (SSSR count). The molecule has 1 spiro atoms. The largest absolute Gasteiger partial charge is 0.336 e. The van der Waals surface area contributed by atoms with Gasteiger partial charge in [0.05, 0.1) is 0 Å². The summed E-state index contributed by atoms with van der Waals surface area (Å²) in [6, 6.07) is 19.4. The predicted molar refractivity (Wildman–Crippen MR) is 127 cm³/mol. The maximum Gasteiger partial charge on any atom is 0.325 e. The van der Waals surface area contributed by atoms with Gasteiger partial charge in [0.2, 0.25) is 5.91 Å². The first-order valence-electron chi connectivity index (χ1n) is 12.1. The Balaban J connectivity index is 1.46. The molecule has 1 aliphatic carbocycles. The molecule has 4 amide bonds. The number of amides is 4. The zero-order valence-corrected chi connectivity index (χ0v) is 19.2. The van der Waals surface area contributed by atoms with E-state index < -0.39 is 11.6 Å². The minimum Gasteiger partial charge on any atom is -0.336 e. The molecule has 0 radical (unpaired) electrons. The molecule has 1 heterocycles. The van der Waals surface area contributed by atoms with Crippen LogP contribution < -0.4 is 5.32 Å². The van der Waals surface area contributed by atoms with Crippen LogP contribution in [0.3, 0.4) is 0 Å². The molecule has 1 saturated heterocycles. The van der Waals surface area contributed by atoms with Crippen molar-refractivity contribution in [1.29, 1.82) is 0 Å². The van der Waals surface area contributed by atoms with Gasteiger partial charge >= 0.3 is 6.03 Å². The van der Waals surface area contributed by atoms with E-state index in [0.717, 1.165) is 41.7 Å². The van der Waals surface area contributed by atoms with Gasteiger partial charge in [-0.05, 0) is 30.4 Å². The molecule has 2 aromatic carbocycles. The molecule has 0 atom stereocenters. The van der Waals surface area contributed by atoms with Crippen LogP contribution in [-0.4, -0.2) is 46.3 Å². The van der Waals surface area contributed by atoms with E-state index in [-0.39, 0.29) is 18.4 Å². The molecule has 1 aliphatic heterocycles. The Kier molecular flexibility index (Phi) is 7.43. The highest BCUT2D eigenvalue weighted by atomic mass is 16.2. The monoisotopic (exact) mass is 447 g/mol. The zero-order chi connectivity index (χ0) is 23.1. The van der Waals surface area contributed by atoms with Crippen molar-refractivity contribution in [2.24, 2.45) is 0 Å². The lowest BCUT2D eigenvalue weighted by atomic mass is 9.84. The molecular formula is C27H33N3O3. The lowest BCUT2D eigenvalue weighted by Crippen LogP contribution is -2.48. The van der Waals surface area contributed by atoms with Crippen molar-refractivity contribution in [2.75, 3.05) is 13.1 Å². The lowest BCUT2D eigenvalue weighted by molar-refractivity contribution is -0.139. The Morgan fingerprint density at radius 2 is 1.42 bits per heavy atom. The van der Waals surface area contributed by atoms with E-state index in [0.29, 0.717) is 32.4 Å². The molecule has 2 fully saturated rings. The van der Waals surface area contributed by atoms with Crippen molar-refractivity contribution in [3.63, 3.8) is 0 Å². The molecule has 1 saturated carbocycles. The molecular weight excluding hydrogens is 414 g/mol. The van der Waals surface area contributed by atoms with Gasteiger partial charge in [-0.3, -0.25) is 14.5 Å². The van der Waals surface area contributed by atoms with Crippen LogP contribution in [0.15, 0.2) is 60.7 Å². The second-order valence-electron chi connectivity index (χ2n) is 9.21. The fourth-order valence-corrected chi connectivity index (χ4v) is 4.91. The van der Waals surface area contributed by atoms with Crippen molar-refractivity contribution >= 4 is 17.8 Å². The molecule has 2 aromatic rings. The highest BCUT2D eigenvalue weighted by molar-refractivity contribution is 6.09. The third kappa shape index (κ3) is 5.62. The summed E-state index contributed by atoms with van der Waals surface area (Å²) in [4.78, 5) is 42.4. The summed E-state index contributed by atoms with van der Waals surface area (Å²) in [5.41, 5.74) is 1.34. The summed E-state index contributed by atoms with van der Waals surface area (Å²) in [5, 5.41) is 2.96. The average molecular weight is 448 g/mol. The highest BCUT2D eigenvalue weighted by Gasteiger charge is 2.51. The van der Waals surface area contributed by atoms with Crippen LogP contribution in [0, 0.1) is 0 Å². The van der Waals surface area contributed by atoms with Crippen molar-refractivity contribution in [3.05, 3.63) is 71.8 Å². The summed E-state index contributed by atoms with van der Waals surface area (Å²) in [6.45, 7) is 0.752. The van der Waals surface area contributed by atoms with E-state index >= 15 is 0 Å². The molecule has 0 aromatic heterocycles. The average Bonchev–Trinajstić information content (AvgIpc) is 3.05. The maximum absolute atomic E-state index is 13.4. The van der Waals surface area contributed by atoms with Gasteiger partial charge in [0.15, 0.2) is 0 Å². The first-order valence-corrected chi connectivity index (χ1v) is 12.1. The van der Waals surface area contributed by atoms with Crippen LogP contribution in [-0.2, 0) is 22.6 Å². The Hall–Kier alpha value is -3.15. The third-order valence-corrected chi connectivity index (χ3v) is 6.83. The summed E-state index contributed by atoms with van der Waals surface area (Å²) in [6.07, 6.45) is 7.20. The standard InChI is InChI=1S/C27H33N3O3/c31-24(21-30-25(32)27(28-26(30)33)17-10-2-1-3-11-18-27)29(20-23-14-8-5-9-15-23)19-16-22-12-6-4-7-13-22/h4-9,12-15H,1-3,10-11,16-21H2,(H,28,33). The Morgan fingerprint density at radius 1 is 0.848 bits per heavy atom. The molecule has 0 unspecified atom stereocenters. The summed E-state index contributed by atoms with van der Waals surface area (Å²) >= 11 is 0. The summed E-state index contributed by atoms with van der Waals surface area (Å²) in [5.74, 6) is -0.438. The van der Waals surface area contributed by atoms with Crippen molar-refractivity contribution in [1.82, 2.24) is 15.1 Å². The Morgan fingerprint density at radius 3 is 2.06 bits per heavy atom. The van der Waals surface area contributed by atoms with Gasteiger partial charge in [0.1, 0.15) is 12.1 Å². The van der Waals surface area contributed by atoms with Crippen molar-refractivity contribution in [3.8, 4) is 0 Å². The fourth-order valence-electron chi connectivity index (χ4n) is 4.91. The van der Waals surface area contributed by atoms with Gasteiger partial charge in [-0.1, -0.05) is 92.8 Å². The maximum atomic E-state index is 13.4. The summed E-state index contributed by atoms with van der Waals surface area (Å²) < 4.78 is 0. The van der Waals surface area contributed by atoms with Gasteiger partial charge in [-0.2, -0.15) is 0 Å². The molecule has 6 heteroatoms. The number of benzene rings is 2. The number of imide groups is 1. The van der Waals surface area contributed by atoms with E-state index in [1.807, 2.05) is 60.7 Å². The minimum atomic E-state index is -0.827. The number of urea groups is 1. The topological polar surface area (TPSA) is 69.7 Å². The van der Waals surface area contributed by atoms with Gasteiger partial charge < -0.3 is 10.2 Å². The number of nitrogens with one attached hydrogen (secondary N) is 1. The number of nitrogens with zero attached hydrogens (tertiary/aromatic N) is 2. The molecule has 6 nitrogen and oxygen atoms in total. The summed E-state index contributed by atoms with van der Waals surface area (Å²) in [7, 11) is 0. The van der Waals surface area contributed by atoms with Gasteiger partial charge in [0.25, 0.3) is 5.91 Å². The van der Waals surface area contributed by atoms with Crippen LogP contribution in [0.2, 0.25) is 0 Å². The van der Waals surface area contributed by atoms with Crippen LogP contribution in [0.1, 0.15) is 56.1 Å². The number of carbonyl (C=O) groups excluding carboxylic acids is 3. The quantitative estimate of drug-likeness (QED) is 0.644. The highest BCUT2D eigenvalue weighted by Crippen LogP contribution is 2.32. The SMILES string of the molecule is O=C(CN1C(=O)NC2(CCCCCCC2)C1=O)N(CCc1ccccc1)Cc1ccccc1. The van der Waals surface area contributed by atoms with E-state index in [1.54, 1.807) is 4.90 Å². The van der Waals surface area contributed by atoms with E-state index in [2.05, 4.69) is 5.32 Å². The molecule has 2 aliphatic rings.